The van der Waals surface area contributed by atoms with Gasteiger partial charge in [-0.05, 0) is 71.2 Å². The highest BCUT2D eigenvalue weighted by atomic mass is 32.2. The van der Waals surface area contributed by atoms with E-state index in [-0.39, 0.29) is 34.3 Å². The average molecular weight is 514 g/mol. The van der Waals surface area contributed by atoms with Crippen LogP contribution in [0.3, 0.4) is 0 Å². The number of allylic oxidation sites excluding steroid dienone is 1. The average Bonchev–Trinajstić information content (AvgIpc) is 3.40. The van der Waals surface area contributed by atoms with E-state index in [1.165, 1.54) is 0 Å². The summed E-state index contributed by atoms with van der Waals surface area (Å²) in [6.45, 7) is 12.6. The van der Waals surface area contributed by atoms with Crippen molar-refractivity contribution in [2.45, 2.75) is 96.1 Å². The molecular weight excluding hydrogens is 470 g/mol. The molecule has 2 heterocycles. The van der Waals surface area contributed by atoms with Gasteiger partial charge in [-0.25, -0.2) is 0 Å². The number of hydrogen-bond donors (Lipinski definition) is 0. The highest BCUT2D eigenvalue weighted by Gasteiger charge is 2.44. The first-order valence-electron chi connectivity index (χ1n) is 12.3. The molecule has 0 aromatic carbocycles. The summed E-state index contributed by atoms with van der Waals surface area (Å²) < 4.78 is 16.5. The van der Waals surface area contributed by atoms with Gasteiger partial charge in [0, 0.05) is 43.4 Å². The molecular formula is C25H43N3O4S2. The number of ether oxygens (including phenoxy) is 3. The van der Waals surface area contributed by atoms with E-state index in [4.69, 9.17) is 26.4 Å². The number of nitrogens with zero attached hydrogens (tertiary/aromatic N) is 3. The zero-order valence-corrected chi connectivity index (χ0v) is 23.6. The van der Waals surface area contributed by atoms with E-state index in [2.05, 4.69) is 44.0 Å². The van der Waals surface area contributed by atoms with Gasteiger partial charge in [0.05, 0.1) is 31.1 Å². The van der Waals surface area contributed by atoms with Gasteiger partial charge in [-0.3, -0.25) is 4.79 Å². The van der Waals surface area contributed by atoms with Crippen LogP contribution in [0.4, 0.5) is 0 Å². The Labute approximate surface area is 215 Å². The minimum Gasteiger partial charge on any atom is -0.479 e. The molecule has 2 aliphatic rings. The summed E-state index contributed by atoms with van der Waals surface area (Å²) in [6, 6.07) is 0.0988. The fourth-order valence-corrected chi connectivity index (χ4v) is 6.36. The fraction of sp³-hybridized carbons (Fsp3) is 0.840. The van der Waals surface area contributed by atoms with E-state index in [1.54, 1.807) is 26.0 Å². The van der Waals surface area contributed by atoms with Crippen molar-refractivity contribution in [3.63, 3.8) is 0 Å². The summed E-state index contributed by atoms with van der Waals surface area (Å²) >= 11 is 7.00. The Morgan fingerprint density at radius 2 is 2.06 bits per heavy atom. The third kappa shape index (κ3) is 8.28. The lowest BCUT2D eigenvalue weighted by Gasteiger charge is -2.43. The van der Waals surface area contributed by atoms with Gasteiger partial charge in [0.1, 0.15) is 0 Å². The lowest BCUT2D eigenvalue weighted by atomic mass is 9.78. The van der Waals surface area contributed by atoms with Crippen molar-refractivity contribution in [1.82, 2.24) is 4.90 Å². The van der Waals surface area contributed by atoms with Gasteiger partial charge in [0.25, 0.3) is 0 Å². The maximum absolute atomic E-state index is 12.8. The first-order chi connectivity index (χ1) is 16.0. The van der Waals surface area contributed by atoms with Crippen molar-refractivity contribution in [2.75, 3.05) is 34.0 Å². The minimum atomic E-state index is -0.296. The van der Waals surface area contributed by atoms with Gasteiger partial charge in [-0.2, -0.15) is 10.2 Å². The lowest BCUT2D eigenvalue weighted by Crippen LogP contribution is -2.51. The zero-order valence-electron chi connectivity index (χ0n) is 22.0. The quantitative estimate of drug-likeness (QED) is 0.274. The van der Waals surface area contributed by atoms with Crippen LogP contribution in [0.5, 0.6) is 0 Å². The van der Waals surface area contributed by atoms with Crippen LogP contribution in [0.2, 0.25) is 0 Å². The second kappa shape index (κ2) is 13.3. The smallest absolute Gasteiger partial charge is 0.222 e. The van der Waals surface area contributed by atoms with E-state index in [9.17, 15) is 4.79 Å². The first-order valence-corrected chi connectivity index (χ1v) is 13.6. The Hall–Kier alpha value is -1.03. The summed E-state index contributed by atoms with van der Waals surface area (Å²) in [5, 5.41) is 9.12. The molecule has 0 aromatic rings. The van der Waals surface area contributed by atoms with Crippen molar-refractivity contribution in [2.24, 2.45) is 15.6 Å². The summed E-state index contributed by atoms with van der Waals surface area (Å²) in [6.07, 6.45) is 7.49. The summed E-state index contributed by atoms with van der Waals surface area (Å²) in [7, 11) is 3.42. The van der Waals surface area contributed by atoms with Gasteiger partial charge < -0.3 is 19.1 Å². The minimum absolute atomic E-state index is 0.00700. The largest absolute Gasteiger partial charge is 0.479 e. The molecule has 2 rings (SSSR count). The van der Waals surface area contributed by atoms with Gasteiger partial charge in [0.15, 0.2) is 0 Å². The monoisotopic (exact) mass is 513 g/mol. The molecule has 0 radical (unpaired) electrons. The predicted molar refractivity (Wildman–Crippen MR) is 142 cm³/mol. The lowest BCUT2D eigenvalue weighted by molar-refractivity contribution is -0.130. The number of hydrogen-bond acceptors (Lipinski definition) is 8. The standard InChI is InChI=1S/C25H43N3O4S2/c1-8-32-23(33)34-25(4,5)21(28-14-10-13-22(28)29)16-24(2,3)20-15-18(26-27-20)11-9-12-19(31-7)17-30-6/h15,18-19,21H,8-14,16-17H2,1-7H3. The van der Waals surface area contributed by atoms with Gasteiger partial charge in [-0.15, -0.1) is 0 Å². The molecule has 9 heteroatoms. The highest BCUT2D eigenvalue weighted by molar-refractivity contribution is 8.23. The molecule has 0 N–H and O–H groups in total. The van der Waals surface area contributed by atoms with Crippen LogP contribution >= 0.6 is 24.0 Å². The molecule has 3 unspecified atom stereocenters. The number of likely N-dealkylation sites (tertiary alicyclic amines) is 1. The first kappa shape index (κ1) is 29.2. The van der Waals surface area contributed by atoms with Gasteiger partial charge in [-0.1, -0.05) is 25.6 Å². The third-order valence-electron chi connectivity index (χ3n) is 6.67. The molecule has 0 aliphatic carbocycles. The highest BCUT2D eigenvalue weighted by Crippen LogP contribution is 2.44. The van der Waals surface area contributed by atoms with E-state index >= 15 is 0 Å². The van der Waals surface area contributed by atoms with Crippen LogP contribution in [0.1, 0.15) is 73.1 Å². The molecule has 7 nitrogen and oxygen atoms in total. The number of amides is 1. The topological polar surface area (TPSA) is 72.7 Å². The molecule has 1 amide bonds. The fourth-order valence-electron chi connectivity index (χ4n) is 4.64. The summed E-state index contributed by atoms with van der Waals surface area (Å²) in [5.41, 5.74) is 0.768. The van der Waals surface area contributed by atoms with Gasteiger partial charge >= 0.3 is 0 Å². The molecule has 0 bridgehead atoms. The van der Waals surface area contributed by atoms with Crippen LogP contribution in [-0.4, -0.2) is 72.1 Å². The molecule has 1 fully saturated rings. The second-order valence-electron chi connectivity index (χ2n) is 10.3. The number of azo groups is 1. The second-order valence-corrected chi connectivity index (χ2v) is 12.5. The molecule has 0 saturated carbocycles. The Kier molecular flexibility index (Phi) is 11.4. The molecule has 1 saturated heterocycles. The molecule has 3 atom stereocenters. The summed E-state index contributed by atoms with van der Waals surface area (Å²) in [5.74, 6) is 0.223. The molecule has 194 valence electrons. The maximum Gasteiger partial charge on any atom is 0.222 e. The van der Waals surface area contributed by atoms with Gasteiger partial charge in [0.2, 0.25) is 10.3 Å². The van der Waals surface area contributed by atoms with Crippen LogP contribution in [0, 0.1) is 5.41 Å². The molecule has 0 spiro atoms. The SMILES string of the molecule is CCOC(=S)SC(C)(C)C(CC(C)(C)C1=CC(CCCC(COC)OC)N=N1)N1CCCC1=O. The number of thioether (sulfide) groups is 1. The van der Waals surface area contributed by atoms with E-state index < -0.39 is 0 Å². The number of carbonyl (C=O) groups is 1. The number of methoxy groups -OCH3 is 2. The zero-order chi connectivity index (χ0) is 25.4. The number of carbonyl (C=O) groups excluding carboxylic acids is 1. The van der Waals surface area contributed by atoms with Crippen LogP contribution in [0.25, 0.3) is 0 Å². The van der Waals surface area contributed by atoms with Crippen LogP contribution in [0.15, 0.2) is 22.0 Å². The van der Waals surface area contributed by atoms with Crippen molar-refractivity contribution in [3.05, 3.63) is 11.8 Å². The Balaban J connectivity index is 2.09. The van der Waals surface area contributed by atoms with Crippen molar-refractivity contribution < 1.29 is 19.0 Å². The molecule has 2 aliphatic heterocycles. The normalized spacial score (nSPS) is 20.6. The van der Waals surface area contributed by atoms with E-state index in [0.717, 1.165) is 44.3 Å². The Morgan fingerprint density at radius 3 is 2.65 bits per heavy atom. The van der Waals surface area contributed by atoms with Crippen LogP contribution < -0.4 is 0 Å². The molecule has 0 aromatic heterocycles. The maximum atomic E-state index is 12.8. The van der Waals surface area contributed by atoms with Crippen molar-refractivity contribution >= 4 is 34.3 Å². The predicted octanol–water partition coefficient (Wildman–Crippen LogP) is 5.78. The Morgan fingerprint density at radius 1 is 1.32 bits per heavy atom. The summed E-state index contributed by atoms with van der Waals surface area (Å²) in [4.78, 5) is 14.8. The van der Waals surface area contributed by atoms with E-state index in [0.29, 0.717) is 24.0 Å². The Bertz CT molecular complexity index is 754. The third-order valence-corrected chi connectivity index (χ3v) is 8.12. The van der Waals surface area contributed by atoms with Crippen molar-refractivity contribution in [3.8, 4) is 0 Å². The van der Waals surface area contributed by atoms with E-state index in [1.807, 2.05) is 11.8 Å². The number of thiocarbonyl (C=S) groups is 1. The van der Waals surface area contributed by atoms with Crippen LogP contribution in [-0.2, 0) is 19.0 Å². The van der Waals surface area contributed by atoms with Crippen molar-refractivity contribution in [1.29, 1.82) is 0 Å². The number of rotatable bonds is 14. The molecule has 34 heavy (non-hydrogen) atoms.